The number of rotatable bonds is 8. The highest BCUT2D eigenvalue weighted by atomic mass is 16.5. The number of nitrogens with one attached hydrogen (secondary N) is 2. The minimum Gasteiger partial charge on any atom is -0.480 e. The first-order chi connectivity index (χ1) is 8.10. The molecule has 0 radical (unpaired) electrons. The fourth-order valence-electron chi connectivity index (χ4n) is 1.53. The van der Waals surface area contributed by atoms with Crippen molar-refractivity contribution in [2.45, 2.75) is 37.6 Å². The summed E-state index contributed by atoms with van der Waals surface area (Å²) in [7, 11) is 1.66. The molecule has 0 aromatic heterocycles. The number of ether oxygens (including phenoxy) is 1. The van der Waals surface area contributed by atoms with E-state index in [0.717, 1.165) is 25.9 Å². The van der Waals surface area contributed by atoms with Crippen LogP contribution in [0.2, 0.25) is 0 Å². The van der Waals surface area contributed by atoms with Gasteiger partial charge in [-0.2, -0.15) is 0 Å². The van der Waals surface area contributed by atoms with Gasteiger partial charge in [-0.3, -0.25) is 0 Å². The lowest BCUT2D eigenvalue weighted by atomic mass is 10.2. The number of carbonyl (C=O) groups is 2. The van der Waals surface area contributed by atoms with Gasteiger partial charge in [0.1, 0.15) is 5.54 Å². The molecule has 0 saturated heterocycles. The van der Waals surface area contributed by atoms with Gasteiger partial charge in [-0.25, -0.2) is 9.59 Å². The van der Waals surface area contributed by atoms with Gasteiger partial charge in [0.05, 0.1) is 0 Å². The summed E-state index contributed by atoms with van der Waals surface area (Å²) in [6.45, 7) is 1.29. The molecule has 0 heterocycles. The Morgan fingerprint density at radius 2 is 2.00 bits per heavy atom. The number of methoxy groups -OCH3 is 1. The average molecular weight is 244 g/mol. The van der Waals surface area contributed by atoms with Crippen LogP contribution in [0.5, 0.6) is 0 Å². The fraction of sp³-hybridized carbons (Fsp3) is 0.818. The quantitative estimate of drug-likeness (QED) is 0.549. The normalized spacial score (nSPS) is 16.3. The van der Waals surface area contributed by atoms with Crippen molar-refractivity contribution in [2.24, 2.45) is 0 Å². The molecule has 2 amide bonds. The van der Waals surface area contributed by atoms with Gasteiger partial charge < -0.3 is 20.5 Å². The van der Waals surface area contributed by atoms with Crippen LogP contribution >= 0.6 is 0 Å². The first-order valence-electron chi connectivity index (χ1n) is 5.89. The molecular formula is C11H20N2O4. The number of hydrogen-bond acceptors (Lipinski definition) is 3. The summed E-state index contributed by atoms with van der Waals surface area (Å²) in [6.07, 6.45) is 3.86. The third-order valence-electron chi connectivity index (χ3n) is 2.82. The monoisotopic (exact) mass is 244 g/mol. The van der Waals surface area contributed by atoms with E-state index in [-0.39, 0.29) is 0 Å². The Morgan fingerprint density at radius 3 is 2.53 bits per heavy atom. The molecule has 0 unspecified atom stereocenters. The minimum atomic E-state index is -1.000. The Kier molecular flexibility index (Phi) is 5.21. The fourth-order valence-corrected chi connectivity index (χ4v) is 1.53. The Bertz CT molecular complexity index is 277. The first kappa shape index (κ1) is 13.8. The van der Waals surface area contributed by atoms with Crippen molar-refractivity contribution in [3.05, 3.63) is 0 Å². The molecule has 0 aliphatic heterocycles. The number of urea groups is 1. The third kappa shape index (κ3) is 4.60. The minimum absolute atomic E-state index is 0.392. The van der Waals surface area contributed by atoms with Gasteiger partial charge in [0.15, 0.2) is 0 Å². The zero-order valence-electron chi connectivity index (χ0n) is 10.1. The maximum Gasteiger partial charge on any atom is 0.329 e. The molecule has 0 bridgehead atoms. The Morgan fingerprint density at radius 1 is 1.29 bits per heavy atom. The molecule has 0 aromatic rings. The molecule has 3 N–H and O–H groups in total. The van der Waals surface area contributed by atoms with E-state index in [9.17, 15) is 9.59 Å². The van der Waals surface area contributed by atoms with E-state index >= 15 is 0 Å². The highest BCUT2D eigenvalue weighted by molar-refractivity contribution is 5.88. The SMILES string of the molecule is COCCCCCNC(=O)NC1(C(=O)O)CC1. The van der Waals surface area contributed by atoms with Gasteiger partial charge in [0.2, 0.25) is 0 Å². The van der Waals surface area contributed by atoms with E-state index in [2.05, 4.69) is 10.6 Å². The number of aliphatic carboxylic acids is 1. The summed E-state index contributed by atoms with van der Waals surface area (Å²) in [5, 5.41) is 14.0. The summed E-state index contributed by atoms with van der Waals surface area (Å²) in [5.74, 6) is -0.951. The molecule has 6 nitrogen and oxygen atoms in total. The van der Waals surface area contributed by atoms with E-state index in [4.69, 9.17) is 9.84 Å². The molecular weight excluding hydrogens is 224 g/mol. The average Bonchev–Trinajstić information content (AvgIpc) is 3.04. The van der Waals surface area contributed by atoms with Gasteiger partial charge >= 0.3 is 12.0 Å². The molecule has 98 valence electrons. The van der Waals surface area contributed by atoms with Crippen LogP contribution in [0.3, 0.4) is 0 Å². The van der Waals surface area contributed by atoms with Crippen LogP contribution in [-0.2, 0) is 9.53 Å². The van der Waals surface area contributed by atoms with Crippen LogP contribution in [0.15, 0.2) is 0 Å². The van der Waals surface area contributed by atoms with Crippen LogP contribution in [0.4, 0.5) is 4.79 Å². The van der Waals surface area contributed by atoms with Crippen molar-refractivity contribution in [2.75, 3.05) is 20.3 Å². The molecule has 1 rings (SSSR count). The third-order valence-corrected chi connectivity index (χ3v) is 2.82. The van der Waals surface area contributed by atoms with Crippen LogP contribution < -0.4 is 10.6 Å². The molecule has 1 aliphatic rings. The van der Waals surface area contributed by atoms with Crippen LogP contribution in [0.1, 0.15) is 32.1 Å². The van der Waals surface area contributed by atoms with E-state index in [0.29, 0.717) is 19.4 Å². The van der Waals surface area contributed by atoms with E-state index in [1.807, 2.05) is 0 Å². The van der Waals surface area contributed by atoms with Crippen LogP contribution in [-0.4, -0.2) is 42.9 Å². The summed E-state index contributed by atoms with van der Waals surface area (Å²) in [4.78, 5) is 22.2. The largest absolute Gasteiger partial charge is 0.480 e. The highest BCUT2D eigenvalue weighted by Gasteiger charge is 2.51. The second kappa shape index (κ2) is 6.44. The molecule has 1 saturated carbocycles. The number of carboxylic acid groups (broad SMARTS) is 1. The molecule has 1 aliphatic carbocycles. The van der Waals surface area contributed by atoms with Crippen molar-refractivity contribution >= 4 is 12.0 Å². The van der Waals surface area contributed by atoms with Gasteiger partial charge in [-0.1, -0.05) is 0 Å². The molecule has 17 heavy (non-hydrogen) atoms. The summed E-state index contributed by atoms with van der Waals surface area (Å²) >= 11 is 0. The number of hydrogen-bond donors (Lipinski definition) is 3. The predicted molar refractivity (Wildman–Crippen MR) is 61.9 cm³/mol. The Labute approximate surface area is 101 Å². The van der Waals surface area contributed by atoms with Crippen molar-refractivity contribution in [1.82, 2.24) is 10.6 Å². The molecule has 1 fully saturated rings. The molecule has 0 spiro atoms. The molecule has 0 aromatic carbocycles. The molecule has 6 heteroatoms. The lowest BCUT2D eigenvalue weighted by Crippen LogP contribution is -2.48. The van der Waals surface area contributed by atoms with Crippen molar-refractivity contribution in [3.63, 3.8) is 0 Å². The van der Waals surface area contributed by atoms with Gasteiger partial charge in [-0.05, 0) is 32.1 Å². The number of carboxylic acids is 1. The van der Waals surface area contributed by atoms with Gasteiger partial charge in [0, 0.05) is 20.3 Å². The maximum absolute atomic E-state index is 11.4. The Balaban J connectivity index is 2.04. The maximum atomic E-state index is 11.4. The Hall–Kier alpha value is -1.30. The van der Waals surface area contributed by atoms with E-state index < -0.39 is 17.5 Å². The number of amides is 2. The zero-order valence-corrected chi connectivity index (χ0v) is 10.1. The van der Waals surface area contributed by atoms with Crippen molar-refractivity contribution in [1.29, 1.82) is 0 Å². The summed E-state index contributed by atoms with van der Waals surface area (Å²) in [6, 6.07) is -0.392. The van der Waals surface area contributed by atoms with E-state index in [1.54, 1.807) is 7.11 Å². The van der Waals surface area contributed by atoms with E-state index in [1.165, 1.54) is 0 Å². The lowest BCUT2D eigenvalue weighted by molar-refractivity contribution is -0.140. The predicted octanol–water partition coefficient (Wildman–Crippen LogP) is 0.719. The van der Waals surface area contributed by atoms with Crippen molar-refractivity contribution < 1.29 is 19.4 Å². The number of unbranched alkanes of at least 4 members (excludes halogenated alkanes) is 2. The second-order valence-electron chi connectivity index (χ2n) is 4.32. The highest BCUT2D eigenvalue weighted by Crippen LogP contribution is 2.35. The molecule has 0 atom stereocenters. The van der Waals surface area contributed by atoms with Crippen molar-refractivity contribution in [3.8, 4) is 0 Å². The standard InChI is InChI=1S/C11H20N2O4/c1-17-8-4-2-3-7-12-10(16)13-11(5-6-11)9(14)15/h2-8H2,1H3,(H,14,15)(H2,12,13,16). The van der Waals surface area contributed by atoms with Crippen LogP contribution in [0.25, 0.3) is 0 Å². The zero-order chi connectivity index (χ0) is 12.7. The summed E-state index contributed by atoms with van der Waals surface area (Å²) < 4.78 is 4.91. The topological polar surface area (TPSA) is 87.7 Å². The second-order valence-corrected chi connectivity index (χ2v) is 4.32. The smallest absolute Gasteiger partial charge is 0.329 e. The summed E-state index contributed by atoms with van der Waals surface area (Å²) in [5.41, 5.74) is -1.000. The number of carbonyl (C=O) groups excluding carboxylic acids is 1. The lowest BCUT2D eigenvalue weighted by Gasteiger charge is -2.13. The van der Waals surface area contributed by atoms with Gasteiger partial charge in [0.25, 0.3) is 0 Å². The van der Waals surface area contributed by atoms with Crippen LogP contribution in [0, 0.1) is 0 Å². The van der Waals surface area contributed by atoms with Gasteiger partial charge in [-0.15, -0.1) is 0 Å². The first-order valence-corrected chi connectivity index (χ1v) is 5.89.